The second-order valence-electron chi connectivity index (χ2n) is 9.06. The zero-order chi connectivity index (χ0) is 28.2. The van der Waals surface area contributed by atoms with E-state index in [9.17, 15) is 9.59 Å². The van der Waals surface area contributed by atoms with Gasteiger partial charge in [0.25, 0.3) is 0 Å². The van der Waals surface area contributed by atoms with Crippen LogP contribution >= 0.6 is 0 Å². The molecule has 0 spiro atoms. The van der Waals surface area contributed by atoms with Crippen molar-refractivity contribution in [1.29, 1.82) is 0 Å². The fraction of sp³-hybridized carbons (Fsp3) is 0.923. The first kappa shape index (κ1) is 36.5. The fourth-order valence-electron chi connectivity index (χ4n) is 4.20. The van der Waals surface area contributed by atoms with E-state index in [0.29, 0.717) is 90.5 Å². The maximum absolute atomic E-state index is 12.7. The standard InChI is InChI=1S/C26H55NO8Si2/c1-9-30-36(31-10-2,32-11-3)19-15-17-25(28)23(7)21-27-22-24(8)26(29)18-16-20-37(33-12-4,34-13-5)35-14-6/h23-24,27H,9-22H2,1-8H3. The molecule has 37 heavy (non-hydrogen) atoms. The van der Waals surface area contributed by atoms with Gasteiger partial charge in [-0.15, -0.1) is 0 Å². The smallest absolute Gasteiger partial charge is 0.374 e. The highest BCUT2D eigenvalue weighted by atomic mass is 28.4. The summed E-state index contributed by atoms with van der Waals surface area (Å²) in [6.45, 7) is 19.8. The van der Waals surface area contributed by atoms with Crippen LogP contribution in [0.5, 0.6) is 0 Å². The normalized spacial score (nSPS) is 14.1. The molecule has 2 atom stereocenters. The van der Waals surface area contributed by atoms with Crippen LogP contribution in [0.1, 0.15) is 81.1 Å². The van der Waals surface area contributed by atoms with Crippen molar-refractivity contribution < 1.29 is 36.1 Å². The van der Waals surface area contributed by atoms with Crippen molar-refractivity contribution in [1.82, 2.24) is 5.32 Å². The van der Waals surface area contributed by atoms with Crippen LogP contribution in [0, 0.1) is 11.8 Å². The van der Waals surface area contributed by atoms with Gasteiger partial charge in [0.15, 0.2) is 0 Å². The van der Waals surface area contributed by atoms with Gasteiger partial charge in [-0.25, -0.2) is 0 Å². The zero-order valence-corrected chi connectivity index (χ0v) is 26.8. The molecule has 0 fully saturated rings. The van der Waals surface area contributed by atoms with Crippen LogP contribution in [0.4, 0.5) is 0 Å². The number of nitrogens with one attached hydrogen (secondary N) is 1. The molecule has 0 aliphatic rings. The number of hydrogen-bond acceptors (Lipinski definition) is 9. The monoisotopic (exact) mass is 565 g/mol. The highest BCUT2D eigenvalue weighted by Crippen LogP contribution is 2.21. The lowest BCUT2D eigenvalue weighted by Gasteiger charge is -2.28. The van der Waals surface area contributed by atoms with E-state index in [0.717, 1.165) is 0 Å². The number of rotatable bonds is 26. The minimum atomic E-state index is -2.71. The van der Waals surface area contributed by atoms with Crippen LogP contribution in [0.3, 0.4) is 0 Å². The van der Waals surface area contributed by atoms with E-state index in [4.69, 9.17) is 26.6 Å². The molecular formula is C26H55NO8Si2. The molecule has 2 unspecified atom stereocenters. The molecule has 1 N–H and O–H groups in total. The molecule has 0 bridgehead atoms. The van der Waals surface area contributed by atoms with Crippen molar-refractivity contribution in [3.05, 3.63) is 0 Å². The minimum absolute atomic E-state index is 0.125. The third-order valence-corrected chi connectivity index (χ3v) is 12.3. The molecule has 9 nitrogen and oxygen atoms in total. The quantitative estimate of drug-likeness (QED) is 0.150. The Hall–Kier alpha value is -0.506. The van der Waals surface area contributed by atoms with Crippen molar-refractivity contribution in [2.45, 2.75) is 93.2 Å². The second-order valence-corrected chi connectivity index (χ2v) is 14.5. The molecular weight excluding hydrogens is 510 g/mol. The molecule has 0 aliphatic heterocycles. The van der Waals surface area contributed by atoms with Gasteiger partial charge in [0.05, 0.1) is 0 Å². The summed E-state index contributed by atoms with van der Waals surface area (Å²) in [6, 6.07) is 1.28. The lowest BCUT2D eigenvalue weighted by Crippen LogP contribution is -2.46. The highest BCUT2D eigenvalue weighted by Gasteiger charge is 2.40. The van der Waals surface area contributed by atoms with Gasteiger partial charge >= 0.3 is 17.6 Å². The molecule has 0 aliphatic carbocycles. The van der Waals surface area contributed by atoms with E-state index in [-0.39, 0.29) is 23.4 Å². The van der Waals surface area contributed by atoms with Gasteiger partial charge in [0, 0.05) is 89.5 Å². The number of carbonyl (C=O) groups is 2. The van der Waals surface area contributed by atoms with E-state index < -0.39 is 17.6 Å². The Bertz CT molecular complexity index is 527. The van der Waals surface area contributed by atoms with E-state index in [2.05, 4.69) is 5.32 Å². The van der Waals surface area contributed by atoms with Gasteiger partial charge in [0.2, 0.25) is 0 Å². The molecule has 11 heteroatoms. The summed E-state index contributed by atoms with van der Waals surface area (Å²) in [7, 11) is -5.43. The summed E-state index contributed by atoms with van der Waals surface area (Å²) < 4.78 is 35.2. The molecule has 220 valence electrons. The summed E-state index contributed by atoms with van der Waals surface area (Å²) >= 11 is 0. The van der Waals surface area contributed by atoms with Gasteiger partial charge in [-0.2, -0.15) is 0 Å². The first-order chi connectivity index (χ1) is 17.7. The zero-order valence-electron chi connectivity index (χ0n) is 24.8. The second kappa shape index (κ2) is 21.3. The van der Waals surface area contributed by atoms with Crippen LogP contribution in [-0.4, -0.2) is 81.9 Å². The first-order valence-electron chi connectivity index (χ1n) is 14.3. The molecule has 0 amide bonds. The molecule has 0 heterocycles. The Labute approximate surface area is 228 Å². The Morgan fingerprint density at radius 1 is 0.568 bits per heavy atom. The Morgan fingerprint density at radius 2 is 0.838 bits per heavy atom. The van der Waals surface area contributed by atoms with Crippen LogP contribution in [-0.2, 0) is 36.1 Å². The average molecular weight is 566 g/mol. The van der Waals surface area contributed by atoms with Crippen LogP contribution in [0.25, 0.3) is 0 Å². The Kier molecular flexibility index (Phi) is 21.0. The van der Waals surface area contributed by atoms with Gasteiger partial charge in [0.1, 0.15) is 11.6 Å². The molecule has 0 aromatic carbocycles. The fourth-order valence-corrected chi connectivity index (χ4v) is 9.42. The molecule has 0 aromatic heterocycles. The van der Waals surface area contributed by atoms with E-state index in [1.165, 1.54) is 0 Å². The van der Waals surface area contributed by atoms with Gasteiger partial charge in [-0.3, -0.25) is 9.59 Å². The summed E-state index contributed by atoms with van der Waals surface area (Å²) in [6.07, 6.45) is 2.29. The van der Waals surface area contributed by atoms with E-state index in [1.807, 2.05) is 55.4 Å². The third-order valence-electron chi connectivity index (χ3n) is 6.00. The topological polar surface area (TPSA) is 102 Å². The predicted octanol–water partition coefficient (Wildman–Crippen LogP) is 4.64. The summed E-state index contributed by atoms with van der Waals surface area (Å²) in [5, 5.41) is 3.31. The minimum Gasteiger partial charge on any atom is -0.374 e. The summed E-state index contributed by atoms with van der Waals surface area (Å²) in [5.41, 5.74) is 0. The van der Waals surface area contributed by atoms with Crippen molar-refractivity contribution in [2.75, 3.05) is 52.7 Å². The highest BCUT2D eigenvalue weighted by molar-refractivity contribution is 6.61. The first-order valence-corrected chi connectivity index (χ1v) is 18.1. The predicted molar refractivity (Wildman–Crippen MR) is 151 cm³/mol. The van der Waals surface area contributed by atoms with Crippen LogP contribution < -0.4 is 5.32 Å². The van der Waals surface area contributed by atoms with Crippen molar-refractivity contribution in [2.24, 2.45) is 11.8 Å². The molecule has 0 rings (SSSR count). The van der Waals surface area contributed by atoms with Crippen molar-refractivity contribution >= 4 is 29.2 Å². The van der Waals surface area contributed by atoms with Crippen molar-refractivity contribution in [3.8, 4) is 0 Å². The lowest BCUT2D eigenvalue weighted by molar-refractivity contribution is -0.122. The number of Topliss-reactive ketones (excluding diaryl/α,β-unsaturated/α-hetero) is 2. The van der Waals surface area contributed by atoms with Gasteiger partial charge < -0.3 is 31.9 Å². The SMILES string of the molecule is CCO[Si](CCCC(=O)C(C)CNCC(C)C(=O)CCC[Si](OCC)(OCC)OCC)(OCC)OCC. The molecule has 0 radical (unpaired) electrons. The molecule has 0 saturated heterocycles. The Morgan fingerprint density at radius 3 is 1.08 bits per heavy atom. The third kappa shape index (κ3) is 15.0. The number of hydrogen-bond donors (Lipinski definition) is 1. The summed E-state index contributed by atoms with van der Waals surface area (Å²) in [4.78, 5) is 25.3. The number of carbonyl (C=O) groups excluding carboxylic acids is 2. The van der Waals surface area contributed by atoms with E-state index in [1.54, 1.807) is 0 Å². The molecule has 0 aromatic rings. The largest absolute Gasteiger partial charge is 0.500 e. The van der Waals surface area contributed by atoms with Gasteiger partial charge in [-0.05, 0) is 54.4 Å². The number of ketones is 2. The van der Waals surface area contributed by atoms with Gasteiger partial charge in [-0.1, -0.05) is 13.8 Å². The maximum Gasteiger partial charge on any atom is 0.500 e. The lowest BCUT2D eigenvalue weighted by atomic mass is 10.0. The van der Waals surface area contributed by atoms with Crippen LogP contribution in [0.15, 0.2) is 0 Å². The van der Waals surface area contributed by atoms with E-state index >= 15 is 0 Å². The Balaban J connectivity index is 4.46. The average Bonchev–Trinajstić information content (AvgIpc) is 2.84. The van der Waals surface area contributed by atoms with Crippen molar-refractivity contribution in [3.63, 3.8) is 0 Å². The molecule has 0 saturated carbocycles. The maximum atomic E-state index is 12.7. The van der Waals surface area contributed by atoms with Crippen LogP contribution in [0.2, 0.25) is 12.1 Å². The summed E-state index contributed by atoms with van der Waals surface area (Å²) in [5.74, 6) is 0.144.